The quantitative estimate of drug-likeness (QED) is 0.578. The molecular weight excluding hydrogens is 430 g/mol. The van der Waals surface area contributed by atoms with Crippen LogP contribution in [-0.2, 0) is 6.54 Å². The summed E-state index contributed by atoms with van der Waals surface area (Å²) in [7, 11) is 2.06. The molecule has 3 aromatic rings. The lowest BCUT2D eigenvalue weighted by molar-refractivity contribution is 0.0325. The smallest absolute Gasteiger partial charge is 0.259 e. The summed E-state index contributed by atoms with van der Waals surface area (Å²) >= 11 is 0. The number of carbonyl (C=O) groups is 1. The fourth-order valence-corrected chi connectivity index (χ4v) is 4.19. The minimum absolute atomic E-state index is 0.0355. The Hall–Kier alpha value is -3.36. The molecule has 2 aromatic heterocycles. The van der Waals surface area contributed by atoms with Gasteiger partial charge < -0.3 is 14.7 Å². The third-order valence-electron chi connectivity index (χ3n) is 6.20. The van der Waals surface area contributed by atoms with Crippen molar-refractivity contribution >= 4 is 5.91 Å². The van der Waals surface area contributed by atoms with Crippen molar-refractivity contribution in [3.63, 3.8) is 0 Å². The maximum Gasteiger partial charge on any atom is 0.259 e. The molecule has 0 spiro atoms. The summed E-state index contributed by atoms with van der Waals surface area (Å²) in [6, 6.07) is 11.7. The van der Waals surface area contributed by atoms with Gasteiger partial charge in [0.1, 0.15) is 18.0 Å². The summed E-state index contributed by atoms with van der Waals surface area (Å²) in [6.07, 6.45) is 6.32. The van der Waals surface area contributed by atoms with Crippen LogP contribution in [0.5, 0.6) is 5.88 Å². The van der Waals surface area contributed by atoms with Crippen molar-refractivity contribution in [3.05, 3.63) is 72.4 Å². The summed E-state index contributed by atoms with van der Waals surface area (Å²) in [5.41, 5.74) is 3.10. The second-order valence-corrected chi connectivity index (χ2v) is 9.01. The van der Waals surface area contributed by atoms with Gasteiger partial charge in [0, 0.05) is 55.3 Å². The lowest BCUT2D eigenvalue weighted by atomic mass is 9.99. The highest BCUT2D eigenvalue weighted by Crippen LogP contribution is 2.30. The highest BCUT2D eigenvalue weighted by Gasteiger charge is 2.34. The number of aromatic nitrogens is 3. The molecular formula is C26H31N5O3. The molecule has 4 rings (SSSR count). The first-order valence-electron chi connectivity index (χ1n) is 11.5. The summed E-state index contributed by atoms with van der Waals surface area (Å²) in [6.45, 7) is 5.74. The van der Waals surface area contributed by atoms with Crippen LogP contribution in [0.15, 0.2) is 61.3 Å². The largest absolute Gasteiger partial charge is 0.472 e. The molecule has 3 heterocycles. The van der Waals surface area contributed by atoms with Gasteiger partial charge in [0.05, 0.1) is 12.6 Å². The molecule has 1 amide bonds. The van der Waals surface area contributed by atoms with E-state index in [4.69, 9.17) is 4.74 Å². The van der Waals surface area contributed by atoms with Crippen molar-refractivity contribution in [2.75, 3.05) is 26.7 Å². The number of carbonyl (C=O) groups excluding carboxylic acids is 1. The number of nitrogens with zero attached hydrogens (tertiary/aromatic N) is 5. The van der Waals surface area contributed by atoms with E-state index in [1.54, 1.807) is 29.6 Å². The fourth-order valence-electron chi connectivity index (χ4n) is 4.19. The minimum Gasteiger partial charge on any atom is -0.472 e. The monoisotopic (exact) mass is 461 g/mol. The van der Waals surface area contributed by atoms with E-state index >= 15 is 0 Å². The molecule has 0 saturated carbocycles. The molecule has 0 saturated heterocycles. The van der Waals surface area contributed by atoms with Gasteiger partial charge in [-0.3, -0.25) is 9.69 Å². The Bertz CT molecular complexity index is 1100. The predicted molar refractivity (Wildman–Crippen MR) is 129 cm³/mol. The Morgan fingerprint density at radius 2 is 1.91 bits per heavy atom. The van der Waals surface area contributed by atoms with E-state index in [0.29, 0.717) is 24.5 Å². The number of benzene rings is 1. The Morgan fingerprint density at radius 3 is 2.62 bits per heavy atom. The van der Waals surface area contributed by atoms with Crippen LogP contribution >= 0.6 is 0 Å². The lowest BCUT2D eigenvalue weighted by Gasteiger charge is -2.37. The number of hydrogen-bond donors (Lipinski definition) is 1. The topological polar surface area (TPSA) is 91.7 Å². The summed E-state index contributed by atoms with van der Waals surface area (Å²) in [5.74, 6) is 0.143. The van der Waals surface area contributed by atoms with Gasteiger partial charge >= 0.3 is 0 Å². The zero-order valence-corrected chi connectivity index (χ0v) is 19.8. The van der Waals surface area contributed by atoms with Crippen LogP contribution in [0.3, 0.4) is 0 Å². The van der Waals surface area contributed by atoms with Crippen LogP contribution in [0.1, 0.15) is 29.8 Å². The van der Waals surface area contributed by atoms with Gasteiger partial charge in [0.15, 0.2) is 0 Å². The second kappa shape index (κ2) is 10.7. The third-order valence-corrected chi connectivity index (χ3v) is 6.20. The average molecular weight is 462 g/mol. The Morgan fingerprint density at radius 1 is 1.18 bits per heavy atom. The first-order valence-corrected chi connectivity index (χ1v) is 11.5. The molecule has 0 fully saturated rings. The molecule has 178 valence electrons. The third kappa shape index (κ3) is 5.40. The molecule has 34 heavy (non-hydrogen) atoms. The summed E-state index contributed by atoms with van der Waals surface area (Å²) in [5, 5.41) is 9.84. The molecule has 8 heteroatoms. The molecule has 0 bridgehead atoms. The molecule has 0 radical (unpaired) electrons. The van der Waals surface area contributed by atoms with Crippen LogP contribution in [-0.4, -0.2) is 74.7 Å². The number of aliphatic hydroxyl groups is 1. The van der Waals surface area contributed by atoms with Gasteiger partial charge in [-0.2, -0.15) is 0 Å². The first kappa shape index (κ1) is 23.8. The molecule has 3 atom stereocenters. The number of likely N-dealkylation sites (N-methyl/N-ethyl adjacent to an activating group) is 1. The lowest BCUT2D eigenvalue weighted by Crippen LogP contribution is -2.49. The number of ether oxygens (including phenoxy) is 1. The number of aliphatic hydroxyl groups excluding tert-OH is 1. The van der Waals surface area contributed by atoms with Crippen LogP contribution in [0.2, 0.25) is 0 Å². The van der Waals surface area contributed by atoms with E-state index in [-0.39, 0.29) is 30.6 Å². The van der Waals surface area contributed by atoms with Gasteiger partial charge in [0.25, 0.3) is 5.91 Å². The van der Waals surface area contributed by atoms with Crippen molar-refractivity contribution in [2.45, 2.75) is 32.5 Å². The highest BCUT2D eigenvalue weighted by molar-refractivity contribution is 5.98. The number of fused-ring (bicyclic) bond motifs is 1. The molecule has 1 aliphatic rings. The fraction of sp³-hybridized carbons (Fsp3) is 0.385. The summed E-state index contributed by atoms with van der Waals surface area (Å²) < 4.78 is 6.39. The zero-order valence-electron chi connectivity index (χ0n) is 19.8. The second-order valence-electron chi connectivity index (χ2n) is 9.01. The number of pyridine rings is 1. The van der Waals surface area contributed by atoms with Crippen molar-refractivity contribution < 1.29 is 14.6 Å². The van der Waals surface area contributed by atoms with E-state index in [2.05, 4.69) is 46.0 Å². The molecule has 0 unspecified atom stereocenters. The van der Waals surface area contributed by atoms with E-state index in [1.807, 2.05) is 25.1 Å². The molecule has 0 aliphatic carbocycles. The van der Waals surface area contributed by atoms with Gasteiger partial charge in [-0.25, -0.2) is 15.0 Å². The van der Waals surface area contributed by atoms with Crippen molar-refractivity contribution in [2.24, 2.45) is 5.92 Å². The molecule has 1 aliphatic heterocycles. The number of hydrogen-bond acceptors (Lipinski definition) is 7. The van der Waals surface area contributed by atoms with E-state index in [1.165, 1.54) is 11.9 Å². The Kier molecular flexibility index (Phi) is 7.49. The van der Waals surface area contributed by atoms with Crippen LogP contribution in [0.4, 0.5) is 0 Å². The number of amides is 1. The van der Waals surface area contributed by atoms with Gasteiger partial charge in [0.2, 0.25) is 5.88 Å². The molecule has 1 aromatic carbocycles. The minimum atomic E-state index is -0.327. The molecule has 1 N–H and O–H groups in total. The maximum atomic E-state index is 13.5. The number of rotatable bonds is 7. The van der Waals surface area contributed by atoms with Crippen LogP contribution in [0.25, 0.3) is 11.1 Å². The predicted octanol–water partition coefficient (Wildman–Crippen LogP) is 2.89. The summed E-state index contributed by atoms with van der Waals surface area (Å²) in [4.78, 5) is 30.2. The van der Waals surface area contributed by atoms with Crippen LogP contribution in [0, 0.1) is 5.92 Å². The van der Waals surface area contributed by atoms with Crippen molar-refractivity contribution in [1.29, 1.82) is 0 Å². The molecule has 8 nitrogen and oxygen atoms in total. The standard InChI is InChI=1S/C26H31N5O3/c1-18-13-31(19(2)16-32)26(33)23-9-21(22-10-27-17-28-11-22)12-29-25(23)34-24(18)15-30(3)14-20-7-5-4-6-8-20/h4-12,17-19,24,32H,13-16H2,1-3H3/t18-,19-,24+/m1/s1. The normalized spacial score (nSPS) is 19.2. The van der Waals surface area contributed by atoms with Gasteiger partial charge in [-0.1, -0.05) is 37.3 Å². The van der Waals surface area contributed by atoms with Gasteiger partial charge in [-0.15, -0.1) is 0 Å². The van der Waals surface area contributed by atoms with Gasteiger partial charge in [-0.05, 0) is 25.6 Å². The van der Waals surface area contributed by atoms with Crippen molar-refractivity contribution in [3.8, 4) is 17.0 Å². The highest BCUT2D eigenvalue weighted by atomic mass is 16.5. The van der Waals surface area contributed by atoms with E-state index in [0.717, 1.165) is 17.7 Å². The Labute approximate surface area is 200 Å². The van der Waals surface area contributed by atoms with Crippen molar-refractivity contribution in [1.82, 2.24) is 24.8 Å². The Balaban J connectivity index is 1.65. The van der Waals surface area contributed by atoms with Crippen LogP contribution < -0.4 is 4.74 Å². The first-order chi connectivity index (χ1) is 16.5. The average Bonchev–Trinajstić information content (AvgIpc) is 2.86. The van der Waals surface area contributed by atoms with E-state index < -0.39 is 0 Å². The SMILES string of the molecule is C[C@@H]1CN([C@H](C)CO)C(=O)c2cc(-c3cncnc3)cnc2O[C@H]1CN(C)Cc1ccccc1. The zero-order chi connectivity index (χ0) is 24.1. The van der Waals surface area contributed by atoms with E-state index in [9.17, 15) is 9.90 Å². The maximum absolute atomic E-state index is 13.5.